The molecule has 1 aliphatic heterocycles. The van der Waals surface area contributed by atoms with E-state index in [2.05, 4.69) is 22.3 Å². The normalized spacial score (nSPS) is 14.6. The number of methoxy groups -OCH3 is 1. The first kappa shape index (κ1) is 19.3. The molecule has 0 radical (unpaired) electrons. The average Bonchev–Trinajstić information content (AvgIpc) is 2.96. The van der Waals surface area contributed by atoms with Gasteiger partial charge in [-0.1, -0.05) is 25.0 Å². The Balaban J connectivity index is 1.44. The number of anilines is 1. The minimum absolute atomic E-state index is 0.0349. The molecule has 0 aliphatic carbocycles. The molecule has 1 saturated heterocycles. The summed E-state index contributed by atoms with van der Waals surface area (Å²) >= 11 is 0. The van der Waals surface area contributed by atoms with Gasteiger partial charge >= 0.3 is 0 Å². The summed E-state index contributed by atoms with van der Waals surface area (Å²) in [5.41, 5.74) is 1.87. The molecule has 1 fully saturated rings. The van der Waals surface area contributed by atoms with Crippen LogP contribution in [0.15, 0.2) is 48.7 Å². The molecule has 6 nitrogen and oxygen atoms in total. The minimum Gasteiger partial charge on any atom is -0.497 e. The first-order chi connectivity index (χ1) is 14.2. The third kappa shape index (κ3) is 4.70. The van der Waals surface area contributed by atoms with E-state index in [1.165, 1.54) is 25.7 Å². The fraction of sp³-hybridized carbons (Fsp3) is 0.391. The van der Waals surface area contributed by atoms with E-state index in [4.69, 9.17) is 9.72 Å². The van der Waals surface area contributed by atoms with Crippen molar-refractivity contribution < 1.29 is 9.53 Å². The number of nitrogens with zero attached hydrogens (tertiary/aromatic N) is 3. The number of fused-ring (bicyclic) bond motifs is 1. The predicted octanol–water partition coefficient (Wildman–Crippen LogP) is 3.74. The number of nitrogens with one attached hydrogen (secondary N) is 1. The maximum Gasteiger partial charge on any atom is 0.240 e. The van der Waals surface area contributed by atoms with Crippen LogP contribution in [0.1, 0.15) is 31.2 Å². The Morgan fingerprint density at radius 1 is 1.10 bits per heavy atom. The quantitative estimate of drug-likeness (QED) is 0.694. The largest absolute Gasteiger partial charge is 0.497 e. The van der Waals surface area contributed by atoms with Gasteiger partial charge in [-0.05, 0) is 48.7 Å². The highest BCUT2D eigenvalue weighted by molar-refractivity contribution is 5.82. The van der Waals surface area contributed by atoms with Gasteiger partial charge in [0.2, 0.25) is 5.91 Å². The molecular formula is C23H28N4O2. The third-order valence-corrected chi connectivity index (χ3v) is 5.46. The number of pyridine rings is 1. The zero-order chi connectivity index (χ0) is 20.1. The maximum absolute atomic E-state index is 12.5. The Morgan fingerprint density at radius 3 is 2.72 bits per heavy atom. The van der Waals surface area contributed by atoms with Crippen molar-refractivity contribution in [3.8, 4) is 5.75 Å². The Morgan fingerprint density at radius 2 is 1.93 bits per heavy atom. The highest BCUT2D eigenvalue weighted by atomic mass is 16.5. The van der Waals surface area contributed by atoms with Crippen LogP contribution in [-0.2, 0) is 17.9 Å². The Bertz CT molecular complexity index is 974. The van der Waals surface area contributed by atoms with Crippen LogP contribution in [0.5, 0.6) is 5.75 Å². The first-order valence-electron chi connectivity index (χ1n) is 10.3. The van der Waals surface area contributed by atoms with E-state index in [9.17, 15) is 4.79 Å². The van der Waals surface area contributed by atoms with Gasteiger partial charge in [-0.3, -0.25) is 4.79 Å². The monoisotopic (exact) mass is 392 g/mol. The predicted molar refractivity (Wildman–Crippen MR) is 115 cm³/mol. The van der Waals surface area contributed by atoms with Crippen LogP contribution in [0.2, 0.25) is 0 Å². The third-order valence-electron chi connectivity index (χ3n) is 5.46. The molecule has 0 unspecified atom stereocenters. The lowest BCUT2D eigenvalue weighted by Gasteiger charge is -2.21. The van der Waals surface area contributed by atoms with Gasteiger partial charge in [0.25, 0.3) is 0 Å². The molecule has 3 aromatic rings. The fourth-order valence-electron chi connectivity index (χ4n) is 3.85. The van der Waals surface area contributed by atoms with Crippen molar-refractivity contribution in [3.63, 3.8) is 0 Å². The summed E-state index contributed by atoms with van der Waals surface area (Å²) in [6, 6.07) is 13.9. The van der Waals surface area contributed by atoms with Crippen molar-refractivity contribution in [2.24, 2.45) is 0 Å². The maximum atomic E-state index is 12.5. The zero-order valence-corrected chi connectivity index (χ0v) is 16.9. The van der Waals surface area contributed by atoms with E-state index >= 15 is 0 Å². The standard InChI is InChI=1S/C23H28N4O2/c1-29-20-8-6-7-18(15-20)16-24-22(28)17-27-14-11-19-9-10-21(25-23(19)27)26-12-4-2-3-5-13-26/h6-11,14-15H,2-5,12-13,16-17H2,1H3,(H,24,28). The summed E-state index contributed by atoms with van der Waals surface area (Å²) in [6.45, 7) is 2.84. The second-order valence-electron chi connectivity index (χ2n) is 7.56. The number of hydrogen-bond acceptors (Lipinski definition) is 4. The number of amides is 1. The van der Waals surface area contributed by atoms with Crippen molar-refractivity contribution in [1.29, 1.82) is 0 Å². The molecule has 1 aromatic carbocycles. The molecule has 4 rings (SSSR count). The molecule has 1 N–H and O–H groups in total. The molecule has 6 heteroatoms. The van der Waals surface area contributed by atoms with Crippen LogP contribution in [0.3, 0.4) is 0 Å². The number of aromatic nitrogens is 2. The summed E-state index contributed by atoms with van der Waals surface area (Å²) in [5.74, 6) is 1.77. The van der Waals surface area contributed by atoms with E-state index in [1.54, 1.807) is 7.11 Å². The topological polar surface area (TPSA) is 59.4 Å². The van der Waals surface area contributed by atoms with E-state index in [-0.39, 0.29) is 12.5 Å². The van der Waals surface area contributed by atoms with Gasteiger partial charge in [-0.15, -0.1) is 0 Å². The molecule has 3 heterocycles. The summed E-state index contributed by atoms with van der Waals surface area (Å²) in [7, 11) is 1.64. The smallest absolute Gasteiger partial charge is 0.240 e. The van der Waals surface area contributed by atoms with Crippen molar-refractivity contribution in [2.75, 3.05) is 25.1 Å². The first-order valence-corrected chi connectivity index (χ1v) is 10.3. The van der Waals surface area contributed by atoms with Crippen molar-refractivity contribution in [3.05, 3.63) is 54.2 Å². The van der Waals surface area contributed by atoms with Gasteiger partial charge in [0, 0.05) is 31.2 Å². The molecule has 0 bridgehead atoms. The van der Waals surface area contributed by atoms with Crippen LogP contribution in [0.25, 0.3) is 11.0 Å². The number of rotatable bonds is 6. The van der Waals surface area contributed by atoms with Crippen LogP contribution in [-0.4, -0.2) is 35.7 Å². The van der Waals surface area contributed by atoms with Crippen LogP contribution < -0.4 is 15.0 Å². The minimum atomic E-state index is -0.0349. The van der Waals surface area contributed by atoms with Gasteiger partial charge < -0.3 is 19.5 Å². The van der Waals surface area contributed by atoms with E-state index in [0.717, 1.165) is 41.3 Å². The fourth-order valence-corrected chi connectivity index (χ4v) is 3.85. The van der Waals surface area contributed by atoms with Crippen LogP contribution in [0.4, 0.5) is 5.82 Å². The molecule has 0 saturated carbocycles. The SMILES string of the molecule is COc1cccc(CNC(=O)Cn2ccc3ccc(N4CCCCCC4)nc32)c1. The molecule has 0 spiro atoms. The lowest BCUT2D eigenvalue weighted by atomic mass is 10.2. The van der Waals surface area contributed by atoms with E-state index in [0.29, 0.717) is 6.54 Å². The summed E-state index contributed by atoms with van der Waals surface area (Å²) < 4.78 is 7.16. The van der Waals surface area contributed by atoms with Gasteiger partial charge in [-0.25, -0.2) is 4.98 Å². The summed E-state index contributed by atoms with van der Waals surface area (Å²) in [5, 5.41) is 4.05. The number of ether oxygens (including phenoxy) is 1. The molecule has 152 valence electrons. The Kier molecular flexibility index (Phi) is 5.98. The second kappa shape index (κ2) is 8.99. The molecule has 29 heavy (non-hydrogen) atoms. The van der Waals surface area contributed by atoms with Gasteiger partial charge in [-0.2, -0.15) is 0 Å². The summed E-state index contributed by atoms with van der Waals surface area (Å²) in [4.78, 5) is 19.8. The lowest BCUT2D eigenvalue weighted by molar-refractivity contribution is -0.121. The van der Waals surface area contributed by atoms with Crippen molar-refractivity contribution in [1.82, 2.24) is 14.9 Å². The second-order valence-corrected chi connectivity index (χ2v) is 7.56. The lowest BCUT2D eigenvalue weighted by Crippen LogP contribution is -2.27. The molecular weight excluding hydrogens is 364 g/mol. The molecule has 1 amide bonds. The average molecular weight is 393 g/mol. The Labute approximate surface area is 171 Å². The molecule has 1 aliphatic rings. The van der Waals surface area contributed by atoms with Crippen molar-refractivity contribution in [2.45, 2.75) is 38.8 Å². The highest BCUT2D eigenvalue weighted by Gasteiger charge is 2.14. The Hall–Kier alpha value is -3.02. The van der Waals surface area contributed by atoms with Crippen LogP contribution >= 0.6 is 0 Å². The van der Waals surface area contributed by atoms with Gasteiger partial charge in [0.15, 0.2) is 0 Å². The van der Waals surface area contributed by atoms with Crippen molar-refractivity contribution >= 4 is 22.8 Å². The van der Waals surface area contributed by atoms with Gasteiger partial charge in [0.1, 0.15) is 23.8 Å². The molecule has 2 aromatic heterocycles. The number of benzene rings is 1. The summed E-state index contributed by atoms with van der Waals surface area (Å²) in [6.07, 6.45) is 6.96. The van der Waals surface area contributed by atoms with E-state index < -0.39 is 0 Å². The zero-order valence-electron chi connectivity index (χ0n) is 16.9. The van der Waals surface area contributed by atoms with Gasteiger partial charge in [0.05, 0.1) is 7.11 Å². The molecule has 0 atom stereocenters. The van der Waals surface area contributed by atoms with E-state index in [1.807, 2.05) is 41.1 Å². The van der Waals surface area contributed by atoms with Crippen LogP contribution in [0, 0.1) is 0 Å². The number of carbonyl (C=O) groups is 1. The highest BCUT2D eigenvalue weighted by Crippen LogP contribution is 2.22. The number of hydrogen-bond donors (Lipinski definition) is 1. The number of carbonyl (C=O) groups excluding carboxylic acids is 1.